The average molecular weight is 325 g/mol. The molecule has 1 aliphatic rings. The van der Waals surface area contributed by atoms with Crippen molar-refractivity contribution < 1.29 is 18.1 Å². The van der Waals surface area contributed by atoms with Gasteiger partial charge in [-0.05, 0) is 18.9 Å². The summed E-state index contributed by atoms with van der Waals surface area (Å²) in [6.45, 7) is 1.63. The molecule has 2 aromatic rings. The lowest BCUT2D eigenvalue weighted by molar-refractivity contribution is 0.0547. The second-order valence-electron chi connectivity index (χ2n) is 5.76. The molecule has 124 valence electrons. The van der Waals surface area contributed by atoms with E-state index >= 15 is 0 Å². The lowest BCUT2D eigenvalue weighted by atomic mass is 10.2. The Morgan fingerprint density at radius 1 is 1.43 bits per heavy atom. The van der Waals surface area contributed by atoms with Gasteiger partial charge in [0.15, 0.2) is 11.5 Å². The summed E-state index contributed by atoms with van der Waals surface area (Å²) in [4.78, 5) is 18.4. The molecule has 7 nitrogen and oxygen atoms in total. The predicted molar refractivity (Wildman–Crippen MR) is 74.9 cm³/mol. The molecule has 0 saturated carbocycles. The number of aromatic nitrogens is 4. The molecule has 0 unspecified atom stereocenters. The highest BCUT2D eigenvalue weighted by Gasteiger charge is 2.35. The maximum Gasteiger partial charge on any atom is 0.333 e. The minimum atomic E-state index is -2.77. The largest absolute Gasteiger partial charge is 0.337 e. The Kier molecular flexibility index (Phi) is 4.10. The zero-order valence-electron chi connectivity index (χ0n) is 12.8. The third-order valence-corrected chi connectivity index (χ3v) is 3.80. The number of likely N-dealkylation sites (tertiary alicyclic amines) is 1. The van der Waals surface area contributed by atoms with Gasteiger partial charge in [0, 0.05) is 18.7 Å². The molecule has 1 fully saturated rings. The number of alkyl halides is 2. The van der Waals surface area contributed by atoms with Crippen LogP contribution in [0.15, 0.2) is 16.8 Å². The van der Waals surface area contributed by atoms with Crippen LogP contribution in [0.4, 0.5) is 8.78 Å². The van der Waals surface area contributed by atoms with E-state index in [2.05, 4.69) is 15.2 Å². The van der Waals surface area contributed by atoms with E-state index in [1.807, 2.05) is 13.8 Å². The quantitative estimate of drug-likeness (QED) is 0.864. The van der Waals surface area contributed by atoms with Gasteiger partial charge in [-0.25, -0.2) is 4.68 Å². The van der Waals surface area contributed by atoms with Crippen LogP contribution in [0.25, 0.3) is 0 Å². The summed E-state index contributed by atoms with van der Waals surface area (Å²) in [5, 5.41) is 7.54. The standard InChI is InChI=1S/C14H17F2N5O2/c1-8(2)11-17-12(23-19-11)10-4-3-6-20(10)13(22)9-5-7-21(18-9)14(15)16/h5,7-8,10,14H,3-4,6H2,1-2H3/t10-/m0/s1. The highest BCUT2D eigenvalue weighted by molar-refractivity contribution is 5.92. The molecule has 0 aliphatic carbocycles. The number of carbonyl (C=O) groups is 1. The monoisotopic (exact) mass is 325 g/mol. The minimum Gasteiger partial charge on any atom is -0.337 e. The maximum absolute atomic E-state index is 12.6. The van der Waals surface area contributed by atoms with Gasteiger partial charge in [-0.1, -0.05) is 19.0 Å². The Hall–Kier alpha value is -2.32. The van der Waals surface area contributed by atoms with Crippen LogP contribution >= 0.6 is 0 Å². The van der Waals surface area contributed by atoms with Crippen molar-refractivity contribution in [3.63, 3.8) is 0 Å². The smallest absolute Gasteiger partial charge is 0.333 e. The van der Waals surface area contributed by atoms with Crippen molar-refractivity contribution in [3.8, 4) is 0 Å². The van der Waals surface area contributed by atoms with Crippen molar-refractivity contribution in [1.82, 2.24) is 24.8 Å². The van der Waals surface area contributed by atoms with E-state index in [4.69, 9.17) is 4.52 Å². The van der Waals surface area contributed by atoms with Crippen LogP contribution in [-0.2, 0) is 0 Å². The van der Waals surface area contributed by atoms with E-state index in [9.17, 15) is 13.6 Å². The molecule has 0 N–H and O–H groups in total. The van der Waals surface area contributed by atoms with Crippen molar-refractivity contribution in [3.05, 3.63) is 29.7 Å². The minimum absolute atomic E-state index is 0.0131. The highest BCUT2D eigenvalue weighted by atomic mass is 19.3. The summed E-state index contributed by atoms with van der Waals surface area (Å²) in [7, 11) is 0. The van der Waals surface area contributed by atoms with Gasteiger partial charge in [-0.2, -0.15) is 18.9 Å². The molecule has 0 spiro atoms. The summed E-state index contributed by atoms with van der Waals surface area (Å²) in [5.74, 6) is 0.685. The lowest BCUT2D eigenvalue weighted by Gasteiger charge is -2.20. The molecule has 1 aliphatic heterocycles. The number of carbonyl (C=O) groups excluding carboxylic acids is 1. The van der Waals surface area contributed by atoms with Crippen LogP contribution in [0.3, 0.4) is 0 Å². The topological polar surface area (TPSA) is 77.0 Å². The van der Waals surface area contributed by atoms with E-state index < -0.39 is 12.5 Å². The van der Waals surface area contributed by atoms with E-state index in [0.29, 0.717) is 29.4 Å². The summed E-state index contributed by atoms with van der Waals surface area (Å²) in [6.07, 6.45) is 2.57. The first-order chi connectivity index (χ1) is 11.0. The second kappa shape index (κ2) is 6.05. The van der Waals surface area contributed by atoms with Gasteiger partial charge in [-0.3, -0.25) is 4.79 Å². The summed E-state index contributed by atoms with van der Waals surface area (Å²) in [6, 6.07) is 0.955. The number of rotatable bonds is 4. The zero-order chi connectivity index (χ0) is 16.6. The summed E-state index contributed by atoms with van der Waals surface area (Å²) in [5.41, 5.74) is -0.0131. The molecule has 0 radical (unpaired) electrons. The lowest BCUT2D eigenvalue weighted by Crippen LogP contribution is -2.31. The Labute approximate surface area is 131 Å². The SMILES string of the molecule is CC(C)c1noc([C@@H]2CCCN2C(=O)c2ccn(C(F)F)n2)n1. The number of hydrogen-bond donors (Lipinski definition) is 0. The van der Waals surface area contributed by atoms with Crippen LogP contribution in [-0.4, -0.2) is 37.3 Å². The van der Waals surface area contributed by atoms with Crippen LogP contribution in [0.5, 0.6) is 0 Å². The first-order valence-electron chi connectivity index (χ1n) is 7.45. The summed E-state index contributed by atoms with van der Waals surface area (Å²) >= 11 is 0. The molecule has 1 saturated heterocycles. The van der Waals surface area contributed by atoms with Crippen LogP contribution in [0, 0.1) is 0 Å². The molecular formula is C14H17F2N5O2. The fourth-order valence-electron chi connectivity index (χ4n) is 2.59. The number of amides is 1. The van der Waals surface area contributed by atoms with Crippen LogP contribution in [0.1, 0.15) is 67.4 Å². The van der Waals surface area contributed by atoms with Crippen molar-refractivity contribution in [2.45, 2.75) is 45.2 Å². The van der Waals surface area contributed by atoms with E-state index in [1.54, 1.807) is 4.90 Å². The van der Waals surface area contributed by atoms with Gasteiger partial charge in [0.1, 0.15) is 6.04 Å². The number of halogens is 2. The molecular weight excluding hydrogens is 308 g/mol. The molecule has 3 heterocycles. The Morgan fingerprint density at radius 3 is 2.83 bits per heavy atom. The molecule has 3 rings (SSSR count). The van der Waals surface area contributed by atoms with Crippen molar-refractivity contribution in [1.29, 1.82) is 0 Å². The Balaban J connectivity index is 1.81. The molecule has 0 bridgehead atoms. The number of hydrogen-bond acceptors (Lipinski definition) is 5. The van der Waals surface area contributed by atoms with E-state index in [-0.39, 0.29) is 17.7 Å². The van der Waals surface area contributed by atoms with Crippen molar-refractivity contribution >= 4 is 5.91 Å². The summed E-state index contributed by atoms with van der Waals surface area (Å²) < 4.78 is 30.9. The third kappa shape index (κ3) is 2.95. The first kappa shape index (κ1) is 15.6. The van der Waals surface area contributed by atoms with Gasteiger partial charge < -0.3 is 9.42 Å². The molecule has 23 heavy (non-hydrogen) atoms. The Bertz CT molecular complexity index is 697. The molecule has 9 heteroatoms. The molecule has 0 aromatic carbocycles. The van der Waals surface area contributed by atoms with Crippen molar-refractivity contribution in [2.24, 2.45) is 0 Å². The van der Waals surface area contributed by atoms with E-state index in [1.165, 1.54) is 6.07 Å². The fourth-order valence-corrected chi connectivity index (χ4v) is 2.59. The predicted octanol–water partition coefficient (Wildman–Crippen LogP) is 2.76. The molecule has 1 amide bonds. The zero-order valence-corrected chi connectivity index (χ0v) is 12.8. The second-order valence-corrected chi connectivity index (χ2v) is 5.76. The molecule has 2 aromatic heterocycles. The third-order valence-electron chi connectivity index (χ3n) is 3.80. The van der Waals surface area contributed by atoms with Crippen molar-refractivity contribution in [2.75, 3.05) is 6.54 Å². The average Bonchev–Trinajstić information content (AvgIpc) is 3.24. The highest BCUT2D eigenvalue weighted by Crippen LogP contribution is 2.32. The fraction of sp³-hybridized carbons (Fsp3) is 0.571. The van der Waals surface area contributed by atoms with Crippen LogP contribution < -0.4 is 0 Å². The van der Waals surface area contributed by atoms with Gasteiger partial charge in [-0.15, -0.1) is 0 Å². The number of nitrogens with zero attached hydrogens (tertiary/aromatic N) is 5. The van der Waals surface area contributed by atoms with Crippen LogP contribution in [0.2, 0.25) is 0 Å². The first-order valence-corrected chi connectivity index (χ1v) is 7.45. The van der Waals surface area contributed by atoms with E-state index in [0.717, 1.165) is 12.6 Å². The van der Waals surface area contributed by atoms with Gasteiger partial charge in [0.05, 0.1) is 0 Å². The molecule has 1 atom stereocenters. The Morgan fingerprint density at radius 2 is 2.22 bits per heavy atom. The normalized spacial score (nSPS) is 18.3. The van der Waals surface area contributed by atoms with Gasteiger partial charge in [0.25, 0.3) is 5.91 Å². The van der Waals surface area contributed by atoms with Gasteiger partial charge >= 0.3 is 6.55 Å². The maximum atomic E-state index is 12.6. The van der Waals surface area contributed by atoms with Gasteiger partial charge in [0.2, 0.25) is 5.89 Å².